The van der Waals surface area contributed by atoms with Gasteiger partial charge >= 0.3 is 0 Å². The second-order valence-electron chi connectivity index (χ2n) is 3.24. The second kappa shape index (κ2) is 4.89. The Hall–Kier alpha value is -2.41. The van der Waals surface area contributed by atoms with E-state index in [2.05, 4.69) is 15.3 Å². The molecule has 16 heavy (non-hydrogen) atoms. The van der Waals surface area contributed by atoms with Crippen LogP contribution in [0, 0.1) is 11.3 Å². The molecule has 1 N–H and O–H groups in total. The van der Waals surface area contributed by atoms with Crippen molar-refractivity contribution in [2.24, 2.45) is 0 Å². The number of hydrogen-bond acceptors (Lipinski definition) is 4. The molecule has 0 aliphatic heterocycles. The molecule has 0 unspecified atom stereocenters. The molecular formula is C12H10N4. The third-order valence-corrected chi connectivity index (χ3v) is 2.08. The fraction of sp³-hybridized carbons (Fsp3) is 0.0833. The molecular weight excluding hydrogens is 200 g/mol. The summed E-state index contributed by atoms with van der Waals surface area (Å²) in [4.78, 5) is 7.99. The molecule has 2 aromatic rings. The van der Waals surface area contributed by atoms with E-state index in [1.54, 1.807) is 6.20 Å². The molecule has 0 saturated carbocycles. The van der Waals surface area contributed by atoms with Crippen molar-refractivity contribution in [3.05, 3.63) is 54.0 Å². The van der Waals surface area contributed by atoms with Gasteiger partial charge in [-0.25, -0.2) is 9.97 Å². The molecule has 1 heterocycles. The van der Waals surface area contributed by atoms with Gasteiger partial charge in [0, 0.05) is 6.54 Å². The number of anilines is 1. The van der Waals surface area contributed by atoms with Gasteiger partial charge in [0.2, 0.25) is 0 Å². The van der Waals surface area contributed by atoms with Crippen LogP contribution in [-0.2, 0) is 6.54 Å². The first-order valence-electron chi connectivity index (χ1n) is 4.88. The Labute approximate surface area is 93.6 Å². The summed E-state index contributed by atoms with van der Waals surface area (Å²) in [6, 6.07) is 11.9. The zero-order chi connectivity index (χ0) is 11.2. The Morgan fingerprint density at radius 3 is 2.56 bits per heavy atom. The molecule has 0 bridgehead atoms. The summed E-state index contributed by atoms with van der Waals surface area (Å²) in [7, 11) is 0. The maximum absolute atomic E-state index is 8.56. The molecule has 4 nitrogen and oxygen atoms in total. The molecule has 0 atom stereocenters. The van der Waals surface area contributed by atoms with E-state index in [1.165, 1.54) is 11.8 Å². The van der Waals surface area contributed by atoms with Crippen LogP contribution < -0.4 is 5.32 Å². The average molecular weight is 210 g/mol. The van der Waals surface area contributed by atoms with Gasteiger partial charge in [0.1, 0.15) is 11.9 Å². The van der Waals surface area contributed by atoms with E-state index < -0.39 is 0 Å². The molecule has 0 aliphatic carbocycles. The molecule has 0 fully saturated rings. The quantitative estimate of drug-likeness (QED) is 0.841. The van der Waals surface area contributed by atoms with Crippen molar-refractivity contribution in [2.75, 3.05) is 5.32 Å². The summed E-state index contributed by atoms with van der Waals surface area (Å²) < 4.78 is 0. The Bertz CT molecular complexity index is 485. The lowest BCUT2D eigenvalue weighted by Gasteiger charge is -2.04. The maximum atomic E-state index is 8.56. The van der Waals surface area contributed by atoms with Gasteiger partial charge in [0.25, 0.3) is 0 Å². The molecule has 1 aromatic heterocycles. The Morgan fingerprint density at radius 2 is 1.94 bits per heavy atom. The fourth-order valence-electron chi connectivity index (χ4n) is 1.27. The van der Waals surface area contributed by atoms with E-state index in [4.69, 9.17) is 5.26 Å². The first-order valence-corrected chi connectivity index (χ1v) is 4.88. The summed E-state index contributed by atoms with van der Waals surface area (Å²) in [5, 5.41) is 11.7. The predicted molar refractivity (Wildman–Crippen MR) is 60.5 cm³/mol. The molecule has 1 aromatic carbocycles. The van der Waals surface area contributed by atoms with Crippen molar-refractivity contribution in [1.82, 2.24) is 9.97 Å². The number of nitrogens with one attached hydrogen (secondary N) is 1. The largest absolute Gasteiger partial charge is 0.365 e. The number of benzene rings is 1. The van der Waals surface area contributed by atoms with Gasteiger partial charge in [-0.1, -0.05) is 30.3 Å². The first kappa shape index (κ1) is 10.1. The summed E-state index contributed by atoms with van der Waals surface area (Å²) in [5.74, 6) is 0.669. The third kappa shape index (κ3) is 2.55. The van der Waals surface area contributed by atoms with Crippen LogP contribution in [-0.4, -0.2) is 9.97 Å². The molecule has 2 rings (SSSR count). The highest BCUT2D eigenvalue weighted by molar-refractivity contribution is 5.34. The summed E-state index contributed by atoms with van der Waals surface area (Å²) in [6.45, 7) is 0.696. The van der Waals surface area contributed by atoms with Crippen molar-refractivity contribution in [3.8, 4) is 6.07 Å². The van der Waals surface area contributed by atoms with Crippen LogP contribution in [0.5, 0.6) is 0 Å². The minimum atomic E-state index is 0.324. The van der Waals surface area contributed by atoms with Crippen LogP contribution >= 0.6 is 0 Å². The molecule has 4 heteroatoms. The summed E-state index contributed by atoms with van der Waals surface area (Å²) >= 11 is 0. The molecule has 0 amide bonds. The monoisotopic (exact) mass is 210 g/mol. The van der Waals surface area contributed by atoms with Gasteiger partial charge in [-0.05, 0) is 5.56 Å². The topological polar surface area (TPSA) is 61.6 Å². The van der Waals surface area contributed by atoms with Crippen LogP contribution in [0.15, 0.2) is 42.7 Å². The van der Waals surface area contributed by atoms with Crippen LogP contribution in [0.25, 0.3) is 0 Å². The van der Waals surface area contributed by atoms with Gasteiger partial charge in [0.15, 0.2) is 5.69 Å². The number of nitrogens with zero attached hydrogens (tertiary/aromatic N) is 3. The smallest absolute Gasteiger partial charge is 0.158 e. The minimum absolute atomic E-state index is 0.324. The molecule has 0 saturated heterocycles. The van der Waals surface area contributed by atoms with Crippen molar-refractivity contribution in [1.29, 1.82) is 5.26 Å². The first-order chi connectivity index (χ1) is 7.88. The van der Waals surface area contributed by atoms with E-state index in [0.29, 0.717) is 18.1 Å². The molecule has 78 valence electrons. The molecule has 0 aliphatic rings. The lowest BCUT2D eigenvalue weighted by atomic mass is 10.2. The fourth-order valence-corrected chi connectivity index (χ4v) is 1.27. The van der Waals surface area contributed by atoms with E-state index in [9.17, 15) is 0 Å². The highest BCUT2D eigenvalue weighted by Crippen LogP contribution is 2.04. The van der Waals surface area contributed by atoms with Crippen molar-refractivity contribution >= 4 is 5.82 Å². The van der Waals surface area contributed by atoms with Crippen LogP contribution in [0.1, 0.15) is 11.3 Å². The highest BCUT2D eigenvalue weighted by Gasteiger charge is 1.96. The SMILES string of the molecule is N#Cc1cnc(NCc2ccccc2)cn1. The van der Waals surface area contributed by atoms with Gasteiger partial charge < -0.3 is 5.32 Å². The van der Waals surface area contributed by atoms with E-state index in [0.717, 1.165) is 0 Å². The second-order valence-corrected chi connectivity index (χ2v) is 3.24. The van der Waals surface area contributed by atoms with E-state index >= 15 is 0 Å². The zero-order valence-corrected chi connectivity index (χ0v) is 8.59. The van der Waals surface area contributed by atoms with Crippen molar-refractivity contribution < 1.29 is 0 Å². The van der Waals surface area contributed by atoms with Crippen LogP contribution in [0.3, 0.4) is 0 Å². The average Bonchev–Trinajstić information content (AvgIpc) is 2.38. The number of nitriles is 1. The lowest BCUT2D eigenvalue weighted by molar-refractivity contribution is 1.08. The molecule has 0 radical (unpaired) electrons. The van der Waals surface area contributed by atoms with Gasteiger partial charge in [-0.3, -0.25) is 0 Å². The maximum Gasteiger partial charge on any atom is 0.158 e. The van der Waals surface area contributed by atoms with Crippen molar-refractivity contribution in [2.45, 2.75) is 6.54 Å². The minimum Gasteiger partial charge on any atom is -0.365 e. The highest BCUT2D eigenvalue weighted by atomic mass is 15.0. The number of rotatable bonds is 3. The standard InChI is InChI=1S/C12H10N4/c13-6-11-8-16-12(9-14-11)15-7-10-4-2-1-3-5-10/h1-5,8-9H,7H2,(H,15,16). The Morgan fingerprint density at radius 1 is 1.12 bits per heavy atom. The summed E-state index contributed by atoms with van der Waals surface area (Å²) in [6.07, 6.45) is 3.01. The summed E-state index contributed by atoms with van der Waals surface area (Å²) in [5.41, 5.74) is 1.50. The van der Waals surface area contributed by atoms with E-state index in [-0.39, 0.29) is 0 Å². The Kier molecular flexibility index (Phi) is 3.10. The van der Waals surface area contributed by atoms with Crippen LogP contribution in [0.4, 0.5) is 5.82 Å². The Balaban J connectivity index is 1.98. The number of aromatic nitrogens is 2. The van der Waals surface area contributed by atoms with Gasteiger partial charge in [0.05, 0.1) is 12.4 Å². The third-order valence-electron chi connectivity index (χ3n) is 2.08. The predicted octanol–water partition coefficient (Wildman–Crippen LogP) is 1.96. The van der Waals surface area contributed by atoms with Gasteiger partial charge in [-0.2, -0.15) is 5.26 Å². The van der Waals surface area contributed by atoms with Crippen LogP contribution in [0.2, 0.25) is 0 Å². The lowest BCUT2D eigenvalue weighted by Crippen LogP contribution is -2.01. The normalized spacial score (nSPS) is 9.44. The van der Waals surface area contributed by atoms with E-state index in [1.807, 2.05) is 36.4 Å². The molecule has 0 spiro atoms. The number of hydrogen-bond donors (Lipinski definition) is 1. The zero-order valence-electron chi connectivity index (χ0n) is 8.59. The van der Waals surface area contributed by atoms with Gasteiger partial charge in [-0.15, -0.1) is 0 Å². The van der Waals surface area contributed by atoms with Crippen molar-refractivity contribution in [3.63, 3.8) is 0 Å².